The van der Waals surface area contributed by atoms with Gasteiger partial charge in [0.25, 0.3) is 0 Å². The SMILES string of the molecule is CC1CCC(C(C)C)C(N(c2ccc(/N=N/c3ccccc3)cc2)C2CC(C)CCC2C(C)C)C1. The molecule has 0 saturated heterocycles. The van der Waals surface area contributed by atoms with E-state index < -0.39 is 0 Å². The Morgan fingerprint density at radius 3 is 1.54 bits per heavy atom. The molecule has 35 heavy (non-hydrogen) atoms. The van der Waals surface area contributed by atoms with Gasteiger partial charge in [-0.05, 0) is 97.6 Å². The summed E-state index contributed by atoms with van der Waals surface area (Å²) in [5, 5.41) is 8.95. The van der Waals surface area contributed by atoms with Gasteiger partial charge in [-0.1, -0.05) is 72.6 Å². The van der Waals surface area contributed by atoms with Crippen LogP contribution in [0.15, 0.2) is 64.8 Å². The lowest BCUT2D eigenvalue weighted by molar-refractivity contribution is 0.136. The summed E-state index contributed by atoms with van der Waals surface area (Å²) >= 11 is 0. The third kappa shape index (κ3) is 6.35. The van der Waals surface area contributed by atoms with E-state index in [4.69, 9.17) is 0 Å². The molecule has 2 aliphatic rings. The molecule has 0 N–H and O–H groups in total. The Labute approximate surface area is 214 Å². The predicted octanol–water partition coefficient (Wildman–Crippen LogP) is 9.83. The van der Waals surface area contributed by atoms with Gasteiger partial charge in [-0.25, -0.2) is 0 Å². The fourth-order valence-electron chi connectivity index (χ4n) is 6.87. The Morgan fingerprint density at radius 2 is 1.09 bits per heavy atom. The van der Waals surface area contributed by atoms with Crippen molar-refractivity contribution in [2.75, 3.05) is 4.90 Å². The van der Waals surface area contributed by atoms with Crippen LogP contribution in [-0.2, 0) is 0 Å². The molecular weight excluding hydrogens is 426 g/mol. The minimum Gasteiger partial charge on any atom is -0.365 e. The molecule has 0 bridgehead atoms. The predicted molar refractivity (Wildman–Crippen MR) is 150 cm³/mol. The van der Waals surface area contributed by atoms with Crippen molar-refractivity contribution in [2.24, 2.45) is 45.7 Å². The standard InChI is InChI=1S/C32H47N3/c1-22(2)29-18-12-24(5)20-31(29)35(32-21-25(6)13-19-30(32)23(3)4)28-16-14-27(15-17-28)34-33-26-10-8-7-9-11-26/h7-11,14-17,22-25,29-32H,12-13,18-21H2,1-6H3/b34-33+. The Balaban J connectivity index is 1.69. The van der Waals surface area contributed by atoms with Gasteiger partial charge < -0.3 is 4.90 Å². The number of hydrogen-bond donors (Lipinski definition) is 0. The van der Waals surface area contributed by atoms with Gasteiger partial charge in [0, 0.05) is 17.8 Å². The van der Waals surface area contributed by atoms with Gasteiger partial charge in [-0.2, -0.15) is 10.2 Å². The molecule has 0 aromatic heterocycles. The Morgan fingerprint density at radius 1 is 0.629 bits per heavy atom. The summed E-state index contributed by atoms with van der Waals surface area (Å²) in [6.07, 6.45) is 8.10. The van der Waals surface area contributed by atoms with Crippen molar-refractivity contribution in [2.45, 2.75) is 92.2 Å². The average Bonchev–Trinajstić information content (AvgIpc) is 2.84. The zero-order chi connectivity index (χ0) is 24.9. The van der Waals surface area contributed by atoms with E-state index in [1.165, 1.54) is 44.2 Å². The molecule has 6 unspecified atom stereocenters. The summed E-state index contributed by atoms with van der Waals surface area (Å²) in [5.41, 5.74) is 3.20. The number of nitrogens with zero attached hydrogens (tertiary/aromatic N) is 3. The lowest BCUT2D eigenvalue weighted by Gasteiger charge is -2.53. The van der Waals surface area contributed by atoms with Crippen LogP contribution in [0.3, 0.4) is 0 Å². The Kier molecular flexibility index (Phi) is 8.68. The van der Waals surface area contributed by atoms with E-state index >= 15 is 0 Å². The van der Waals surface area contributed by atoms with Crippen molar-refractivity contribution >= 4 is 17.1 Å². The van der Waals surface area contributed by atoms with Crippen molar-refractivity contribution in [1.29, 1.82) is 0 Å². The summed E-state index contributed by atoms with van der Waals surface area (Å²) in [7, 11) is 0. The minimum absolute atomic E-state index is 0.618. The van der Waals surface area contributed by atoms with E-state index in [1.54, 1.807) is 0 Å². The molecule has 2 saturated carbocycles. The number of benzene rings is 2. The van der Waals surface area contributed by atoms with Gasteiger partial charge in [-0.15, -0.1) is 0 Å². The molecule has 2 fully saturated rings. The zero-order valence-electron chi connectivity index (χ0n) is 22.9. The number of anilines is 1. The van der Waals surface area contributed by atoms with E-state index in [2.05, 4.69) is 80.9 Å². The molecule has 2 aromatic rings. The van der Waals surface area contributed by atoms with E-state index in [0.717, 1.165) is 35.0 Å². The highest BCUT2D eigenvalue weighted by molar-refractivity contribution is 5.55. The van der Waals surface area contributed by atoms with Crippen LogP contribution in [0.1, 0.15) is 80.1 Å². The highest BCUT2D eigenvalue weighted by Gasteiger charge is 2.42. The van der Waals surface area contributed by atoms with Crippen LogP contribution in [0.4, 0.5) is 17.1 Å². The van der Waals surface area contributed by atoms with Crippen LogP contribution in [-0.4, -0.2) is 12.1 Å². The van der Waals surface area contributed by atoms with Crippen molar-refractivity contribution in [3.63, 3.8) is 0 Å². The van der Waals surface area contributed by atoms with Gasteiger partial charge in [0.1, 0.15) is 0 Å². The van der Waals surface area contributed by atoms with Gasteiger partial charge in [-0.3, -0.25) is 0 Å². The van der Waals surface area contributed by atoms with Crippen molar-refractivity contribution < 1.29 is 0 Å². The molecule has 0 amide bonds. The van der Waals surface area contributed by atoms with E-state index in [1.807, 2.05) is 30.3 Å². The van der Waals surface area contributed by atoms with Crippen LogP contribution in [0.5, 0.6) is 0 Å². The molecule has 2 aliphatic carbocycles. The Bertz CT molecular complexity index is 901. The summed E-state index contributed by atoms with van der Waals surface area (Å²) in [6, 6.07) is 20.2. The molecule has 6 atom stereocenters. The molecule has 4 rings (SSSR count). The monoisotopic (exact) mass is 473 g/mol. The average molecular weight is 474 g/mol. The first-order valence-electron chi connectivity index (χ1n) is 14.2. The number of rotatable bonds is 7. The van der Waals surface area contributed by atoms with E-state index in [9.17, 15) is 0 Å². The van der Waals surface area contributed by atoms with Crippen LogP contribution in [0, 0.1) is 35.5 Å². The molecule has 2 aromatic carbocycles. The lowest BCUT2D eigenvalue weighted by Crippen LogP contribution is -2.55. The summed E-state index contributed by atoms with van der Waals surface area (Å²) < 4.78 is 0. The summed E-state index contributed by atoms with van der Waals surface area (Å²) in [5.74, 6) is 4.55. The first kappa shape index (κ1) is 25.9. The molecule has 190 valence electrons. The van der Waals surface area contributed by atoms with Crippen LogP contribution >= 0.6 is 0 Å². The molecule has 0 spiro atoms. The molecule has 0 aliphatic heterocycles. The fraction of sp³-hybridized carbons (Fsp3) is 0.625. The second-order valence-corrected chi connectivity index (χ2v) is 12.2. The third-order valence-corrected chi connectivity index (χ3v) is 8.87. The second-order valence-electron chi connectivity index (χ2n) is 12.2. The summed E-state index contributed by atoms with van der Waals surface area (Å²) in [4.78, 5) is 2.92. The molecule has 3 nitrogen and oxygen atoms in total. The minimum atomic E-state index is 0.618. The Hall–Kier alpha value is -2.16. The molecule has 0 heterocycles. The zero-order valence-corrected chi connectivity index (χ0v) is 22.9. The largest absolute Gasteiger partial charge is 0.365 e. The fourth-order valence-corrected chi connectivity index (χ4v) is 6.87. The second kappa shape index (κ2) is 11.7. The third-order valence-electron chi connectivity index (χ3n) is 8.87. The highest BCUT2D eigenvalue weighted by Crippen LogP contribution is 2.45. The summed E-state index contributed by atoms with van der Waals surface area (Å²) in [6.45, 7) is 14.7. The van der Waals surface area contributed by atoms with Gasteiger partial charge in [0.05, 0.1) is 11.4 Å². The van der Waals surface area contributed by atoms with Gasteiger partial charge in [0.2, 0.25) is 0 Å². The number of hydrogen-bond acceptors (Lipinski definition) is 3. The topological polar surface area (TPSA) is 28.0 Å². The van der Waals surface area contributed by atoms with Crippen molar-refractivity contribution in [3.8, 4) is 0 Å². The lowest BCUT2D eigenvalue weighted by atomic mass is 9.69. The van der Waals surface area contributed by atoms with Gasteiger partial charge in [0.15, 0.2) is 0 Å². The van der Waals surface area contributed by atoms with Crippen LogP contribution < -0.4 is 4.90 Å². The van der Waals surface area contributed by atoms with E-state index in [-0.39, 0.29) is 0 Å². The molecule has 0 radical (unpaired) electrons. The quantitative estimate of drug-likeness (QED) is 0.368. The maximum atomic E-state index is 4.52. The maximum Gasteiger partial charge on any atom is 0.0858 e. The van der Waals surface area contributed by atoms with Crippen LogP contribution in [0.2, 0.25) is 0 Å². The highest BCUT2D eigenvalue weighted by atomic mass is 15.2. The van der Waals surface area contributed by atoms with Gasteiger partial charge >= 0.3 is 0 Å². The van der Waals surface area contributed by atoms with E-state index in [0.29, 0.717) is 23.9 Å². The molecular formula is C32H47N3. The van der Waals surface area contributed by atoms with Crippen molar-refractivity contribution in [1.82, 2.24) is 0 Å². The first-order valence-corrected chi connectivity index (χ1v) is 14.2. The number of azo groups is 1. The van der Waals surface area contributed by atoms with Crippen LogP contribution in [0.25, 0.3) is 0 Å². The van der Waals surface area contributed by atoms with Crippen molar-refractivity contribution in [3.05, 3.63) is 54.6 Å². The first-order chi connectivity index (χ1) is 16.8. The normalized spacial score (nSPS) is 29.7. The maximum absolute atomic E-state index is 4.52. The molecule has 3 heteroatoms. The smallest absolute Gasteiger partial charge is 0.0858 e.